The highest BCUT2D eigenvalue weighted by Crippen LogP contribution is 2.30. The molecule has 2 heterocycles. The van der Waals surface area contributed by atoms with Crippen molar-refractivity contribution in [2.24, 2.45) is 0 Å². The van der Waals surface area contributed by atoms with Crippen molar-refractivity contribution < 1.29 is 4.79 Å². The Kier molecular flexibility index (Phi) is 6.22. The first-order valence-corrected chi connectivity index (χ1v) is 12.1. The van der Waals surface area contributed by atoms with E-state index >= 15 is 0 Å². The van der Waals surface area contributed by atoms with Gasteiger partial charge in [0, 0.05) is 10.6 Å². The Labute approximate surface area is 195 Å². The minimum Gasteiger partial charge on any atom is -0.321 e. The summed E-state index contributed by atoms with van der Waals surface area (Å²) in [6.45, 7) is 9.96. The molecule has 0 spiro atoms. The second-order valence-electron chi connectivity index (χ2n) is 8.06. The number of nitrogens with zero attached hydrogens (tertiary/aromatic N) is 1. The lowest BCUT2D eigenvalue weighted by molar-refractivity contribution is 0.103. The largest absolute Gasteiger partial charge is 0.321 e. The lowest BCUT2D eigenvalue weighted by Crippen LogP contribution is -2.13. The summed E-state index contributed by atoms with van der Waals surface area (Å²) in [6.07, 6.45) is 0. The van der Waals surface area contributed by atoms with Crippen molar-refractivity contribution in [3.63, 3.8) is 0 Å². The molecule has 0 aliphatic carbocycles. The summed E-state index contributed by atoms with van der Waals surface area (Å²) in [5.41, 5.74) is 5.85. The number of rotatable bonds is 5. The number of benzene rings is 2. The van der Waals surface area contributed by atoms with E-state index in [9.17, 15) is 9.59 Å². The summed E-state index contributed by atoms with van der Waals surface area (Å²) in [7, 11) is 0. The average Bonchev–Trinajstić information content (AvgIpc) is 3.08. The molecule has 0 saturated carbocycles. The van der Waals surface area contributed by atoms with Crippen LogP contribution in [0.5, 0.6) is 0 Å². The van der Waals surface area contributed by atoms with Crippen LogP contribution in [0.4, 0.5) is 5.69 Å². The molecule has 0 fully saturated rings. The number of aryl methyl sites for hydroxylation is 5. The third kappa shape index (κ3) is 4.49. The van der Waals surface area contributed by atoms with Crippen LogP contribution in [-0.4, -0.2) is 15.9 Å². The summed E-state index contributed by atoms with van der Waals surface area (Å²) in [6, 6.07) is 12.2. The van der Waals surface area contributed by atoms with Crippen LogP contribution in [0.2, 0.25) is 0 Å². The maximum atomic E-state index is 13.0. The SMILES string of the molecule is Cc1ccc(NC(=O)c2sc3nc(CSc4ccc(C)c(C)c4)[nH]c(=O)c3c2C)c(C)c1. The Bertz CT molecular complexity index is 1400. The smallest absolute Gasteiger partial charge is 0.266 e. The van der Waals surface area contributed by atoms with Gasteiger partial charge in [0.25, 0.3) is 11.5 Å². The van der Waals surface area contributed by atoms with Crippen molar-refractivity contribution >= 4 is 44.9 Å². The van der Waals surface area contributed by atoms with E-state index in [2.05, 4.69) is 47.3 Å². The van der Waals surface area contributed by atoms with Gasteiger partial charge in [-0.2, -0.15) is 0 Å². The van der Waals surface area contributed by atoms with E-state index in [1.54, 1.807) is 18.7 Å². The van der Waals surface area contributed by atoms with Gasteiger partial charge in [-0.3, -0.25) is 9.59 Å². The first-order chi connectivity index (χ1) is 15.2. The molecule has 0 aliphatic heterocycles. The zero-order chi connectivity index (χ0) is 23.0. The number of carbonyl (C=O) groups is 1. The molecule has 7 heteroatoms. The van der Waals surface area contributed by atoms with Gasteiger partial charge in [-0.25, -0.2) is 4.98 Å². The number of anilines is 1. The summed E-state index contributed by atoms with van der Waals surface area (Å²) < 4.78 is 0. The highest BCUT2D eigenvalue weighted by molar-refractivity contribution is 7.98. The Hall–Kier alpha value is -2.90. The topological polar surface area (TPSA) is 74.8 Å². The van der Waals surface area contributed by atoms with Crippen molar-refractivity contribution in [2.45, 2.75) is 45.3 Å². The molecular weight excluding hydrogens is 438 g/mol. The number of H-pyrrole nitrogens is 1. The predicted molar refractivity (Wildman–Crippen MR) is 134 cm³/mol. The molecular formula is C25H25N3O2S2. The first-order valence-electron chi connectivity index (χ1n) is 10.3. The number of hydrogen-bond donors (Lipinski definition) is 2. The summed E-state index contributed by atoms with van der Waals surface area (Å²) >= 11 is 2.89. The van der Waals surface area contributed by atoms with Crippen molar-refractivity contribution in [1.29, 1.82) is 0 Å². The second-order valence-corrected chi connectivity index (χ2v) is 10.1. The molecule has 0 atom stereocenters. The molecule has 0 bridgehead atoms. The third-order valence-corrected chi connectivity index (χ3v) is 7.73. The van der Waals surface area contributed by atoms with E-state index in [1.807, 2.05) is 32.0 Å². The number of thioether (sulfide) groups is 1. The van der Waals surface area contributed by atoms with Crippen LogP contribution in [-0.2, 0) is 5.75 Å². The Morgan fingerprint density at radius 1 is 1.03 bits per heavy atom. The van der Waals surface area contributed by atoms with E-state index in [1.165, 1.54) is 22.5 Å². The fourth-order valence-corrected chi connectivity index (χ4v) is 5.52. The van der Waals surface area contributed by atoms with Crippen LogP contribution >= 0.6 is 23.1 Å². The number of nitrogens with one attached hydrogen (secondary N) is 2. The van der Waals surface area contributed by atoms with Gasteiger partial charge < -0.3 is 10.3 Å². The molecule has 5 nitrogen and oxygen atoms in total. The lowest BCUT2D eigenvalue weighted by Gasteiger charge is -2.08. The molecule has 2 aromatic carbocycles. The number of thiophene rings is 1. The van der Waals surface area contributed by atoms with Gasteiger partial charge in [-0.05, 0) is 75.1 Å². The molecule has 0 unspecified atom stereocenters. The number of amides is 1. The number of aromatic amines is 1. The minimum absolute atomic E-state index is 0.204. The third-order valence-electron chi connectivity index (χ3n) is 5.54. The van der Waals surface area contributed by atoms with Crippen LogP contribution < -0.4 is 10.9 Å². The van der Waals surface area contributed by atoms with Crippen LogP contribution in [0.3, 0.4) is 0 Å². The normalized spacial score (nSPS) is 11.2. The van der Waals surface area contributed by atoms with Crippen molar-refractivity contribution in [3.05, 3.63) is 85.3 Å². The summed E-state index contributed by atoms with van der Waals surface area (Å²) in [4.78, 5) is 35.5. The van der Waals surface area contributed by atoms with Gasteiger partial charge in [-0.15, -0.1) is 23.1 Å². The van der Waals surface area contributed by atoms with Crippen LogP contribution in [0.15, 0.2) is 46.1 Å². The fourth-order valence-electron chi connectivity index (χ4n) is 3.56. The molecule has 0 radical (unpaired) electrons. The maximum Gasteiger partial charge on any atom is 0.266 e. The van der Waals surface area contributed by atoms with E-state index in [-0.39, 0.29) is 11.5 Å². The molecule has 1 amide bonds. The molecule has 2 N–H and O–H groups in total. The van der Waals surface area contributed by atoms with Crippen molar-refractivity contribution in [3.8, 4) is 0 Å². The molecule has 4 aromatic rings. The first kappa shape index (κ1) is 22.3. The maximum absolute atomic E-state index is 13.0. The summed E-state index contributed by atoms with van der Waals surface area (Å²) in [5.74, 6) is 0.936. The fraction of sp³-hybridized carbons (Fsp3) is 0.240. The standard InChI is InChI=1S/C25H25N3O2S2/c1-13-6-9-19(16(4)10-13)26-24(30)22-17(5)21-23(29)27-20(28-25(21)32-22)12-31-18-8-7-14(2)15(3)11-18/h6-11H,12H2,1-5H3,(H,26,30)(H,27,28,29). The van der Waals surface area contributed by atoms with E-state index in [0.717, 1.165) is 21.7 Å². The Balaban J connectivity index is 1.60. The Morgan fingerprint density at radius 2 is 1.81 bits per heavy atom. The number of carbonyl (C=O) groups excluding carboxylic acids is 1. The number of aromatic nitrogens is 2. The molecule has 32 heavy (non-hydrogen) atoms. The van der Waals surface area contributed by atoms with Gasteiger partial charge >= 0.3 is 0 Å². The van der Waals surface area contributed by atoms with E-state index < -0.39 is 0 Å². The van der Waals surface area contributed by atoms with E-state index in [0.29, 0.717) is 32.2 Å². The van der Waals surface area contributed by atoms with Gasteiger partial charge in [0.1, 0.15) is 10.7 Å². The van der Waals surface area contributed by atoms with Crippen LogP contribution in [0.1, 0.15) is 43.3 Å². The zero-order valence-electron chi connectivity index (χ0n) is 18.8. The van der Waals surface area contributed by atoms with E-state index in [4.69, 9.17) is 0 Å². The average molecular weight is 464 g/mol. The molecule has 164 valence electrons. The number of fused-ring (bicyclic) bond motifs is 1. The van der Waals surface area contributed by atoms with Crippen molar-refractivity contribution in [1.82, 2.24) is 9.97 Å². The van der Waals surface area contributed by atoms with Crippen LogP contribution in [0.25, 0.3) is 10.2 Å². The quantitative estimate of drug-likeness (QED) is 0.352. The lowest BCUT2D eigenvalue weighted by atomic mass is 10.1. The number of hydrogen-bond acceptors (Lipinski definition) is 5. The zero-order valence-corrected chi connectivity index (χ0v) is 20.4. The van der Waals surface area contributed by atoms with Crippen LogP contribution in [0, 0.1) is 34.6 Å². The summed E-state index contributed by atoms with van der Waals surface area (Å²) in [5, 5.41) is 3.46. The molecule has 0 aliphatic rings. The molecule has 4 rings (SSSR count). The highest BCUT2D eigenvalue weighted by Gasteiger charge is 2.20. The van der Waals surface area contributed by atoms with Gasteiger partial charge in [-0.1, -0.05) is 23.8 Å². The predicted octanol–water partition coefficient (Wildman–Crippen LogP) is 6.07. The monoisotopic (exact) mass is 463 g/mol. The molecule has 0 saturated heterocycles. The van der Waals surface area contributed by atoms with Gasteiger partial charge in [0.2, 0.25) is 0 Å². The Morgan fingerprint density at radius 3 is 2.53 bits per heavy atom. The highest BCUT2D eigenvalue weighted by atomic mass is 32.2. The van der Waals surface area contributed by atoms with Gasteiger partial charge in [0.05, 0.1) is 16.0 Å². The van der Waals surface area contributed by atoms with Crippen molar-refractivity contribution in [2.75, 3.05) is 5.32 Å². The van der Waals surface area contributed by atoms with Gasteiger partial charge in [0.15, 0.2) is 0 Å². The second kappa shape index (κ2) is 8.92. The molecule has 2 aromatic heterocycles. The minimum atomic E-state index is -0.220.